The fraction of sp³-hybridized carbons (Fsp3) is 0.304. The zero-order chi connectivity index (χ0) is 21.3. The first-order valence-electron chi connectivity index (χ1n) is 10.1. The van der Waals surface area contributed by atoms with Gasteiger partial charge in [-0.2, -0.15) is 0 Å². The number of hydrogen-bond acceptors (Lipinski definition) is 6. The predicted octanol–water partition coefficient (Wildman–Crippen LogP) is 5.58. The molecule has 7 heteroatoms. The van der Waals surface area contributed by atoms with Gasteiger partial charge in [-0.1, -0.05) is 48.5 Å². The smallest absolute Gasteiger partial charge is 0.262 e. The van der Waals surface area contributed by atoms with Crippen LogP contribution in [0.3, 0.4) is 0 Å². The van der Waals surface area contributed by atoms with Crippen molar-refractivity contribution in [2.45, 2.75) is 50.6 Å². The third kappa shape index (κ3) is 3.89. The van der Waals surface area contributed by atoms with Gasteiger partial charge in [-0.05, 0) is 51.5 Å². The Morgan fingerprint density at radius 2 is 1.80 bits per heavy atom. The summed E-state index contributed by atoms with van der Waals surface area (Å²) in [5, 5.41) is 9.58. The van der Waals surface area contributed by atoms with Crippen molar-refractivity contribution in [3.8, 4) is 11.5 Å². The molecule has 0 N–H and O–H groups in total. The molecule has 0 amide bonds. The molecule has 2 heterocycles. The number of aryl methyl sites for hydroxylation is 1. The summed E-state index contributed by atoms with van der Waals surface area (Å²) in [6, 6.07) is 15.5. The van der Waals surface area contributed by atoms with E-state index in [0.717, 1.165) is 12.0 Å². The van der Waals surface area contributed by atoms with E-state index in [4.69, 9.17) is 9.40 Å². The molecule has 2 atom stereocenters. The van der Waals surface area contributed by atoms with Gasteiger partial charge in [-0.3, -0.25) is 9.36 Å². The molecule has 2 aromatic carbocycles. The lowest BCUT2D eigenvalue weighted by Gasteiger charge is -2.19. The zero-order valence-electron chi connectivity index (χ0n) is 17.5. The molecule has 0 unspecified atom stereocenters. The van der Waals surface area contributed by atoms with E-state index in [0.29, 0.717) is 27.8 Å². The van der Waals surface area contributed by atoms with Gasteiger partial charge in [0.15, 0.2) is 5.16 Å². The molecular formula is C23H24N4O2S. The van der Waals surface area contributed by atoms with Crippen molar-refractivity contribution in [3.63, 3.8) is 0 Å². The minimum Gasteiger partial charge on any atom is -0.419 e. The van der Waals surface area contributed by atoms with Gasteiger partial charge in [0.25, 0.3) is 5.56 Å². The molecule has 4 aromatic rings. The minimum absolute atomic E-state index is 0.0180. The number of aromatic nitrogens is 4. The van der Waals surface area contributed by atoms with Gasteiger partial charge in [0.05, 0.1) is 16.2 Å². The highest BCUT2D eigenvalue weighted by molar-refractivity contribution is 7.99. The molecule has 0 spiro atoms. The third-order valence-electron chi connectivity index (χ3n) is 5.18. The molecular weight excluding hydrogens is 396 g/mol. The Hall–Kier alpha value is -2.93. The van der Waals surface area contributed by atoms with Gasteiger partial charge in [-0.15, -0.1) is 10.2 Å². The molecule has 154 valence electrons. The highest BCUT2D eigenvalue weighted by atomic mass is 32.2. The van der Waals surface area contributed by atoms with Gasteiger partial charge < -0.3 is 4.42 Å². The van der Waals surface area contributed by atoms with E-state index in [9.17, 15) is 4.79 Å². The quantitative estimate of drug-likeness (QED) is 0.299. The largest absolute Gasteiger partial charge is 0.419 e. The van der Waals surface area contributed by atoms with Crippen molar-refractivity contribution in [1.82, 2.24) is 19.7 Å². The van der Waals surface area contributed by atoms with E-state index in [1.807, 2.05) is 69.3 Å². The lowest BCUT2D eigenvalue weighted by atomic mass is 10.1. The van der Waals surface area contributed by atoms with E-state index < -0.39 is 0 Å². The topological polar surface area (TPSA) is 73.8 Å². The second kappa shape index (κ2) is 8.44. The Morgan fingerprint density at radius 3 is 2.53 bits per heavy atom. The number of hydrogen-bond donors (Lipinski definition) is 0. The summed E-state index contributed by atoms with van der Waals surface area (Å²) in [5.41, 5.74) is 2.74. The Kier molecular flexibility index (Phi) is 5.72. The average molecular weight is 421 g/mol. The number of rotatable bonds is 6. The first-order valence-corrected chi connectivity index (χ1v) is 10.9. The molecule has 0 aliphatic heterocycles. The van der Waals surface area contributed by atoms with Crippen molar-refractivity contribution < 1.29 is 4.42 Å². The summed E-state index contributed by atoms with van der Waals surface area (Å²) in [6.45, 7) is 8.12. The maximum absolute atomic E-state index is 13.1. The zero-order valence-corrected chi connectivity index (χ0v) is 18.3. The van der Waals surface area contributed by atoms with Crippen molar-refractivity contribution in [3.05, 3.63) is 70.3 Å². The summed E-state index contributed by atoms with van der Waals surface area (Å²) in [7, 11) is 0. The van der Waals surface area contributed by atoms with E-state index >= 15 is 0 Å². The molecule has 4 rings (SSSR count). The Labute approximate surface area is 179 Å². The summed E-state index contributed by atoms with van der Waals surface area (Å²) in [6.07, 6.45) is 0.833. The Morgan fingerprint density at radius 1 is 1.07 bits per heavy atom. The van der Waals surface area contributed by atoms with Gasteiger partial charge in [0, 0.05) is 11.6 Å². The van der Waals surface area contributed by atoms with Crippen LogP contribution in [0.15, 0.2) is 62.9 Å². The standard InChI is InChI=1S/C23H24N4O2S/c1-5-15(3)27-22(28)18-8-6-7-9-19(18)24-23(27)30-16(4)20-25-26-21(29-20)17-12-10-14(2)11-13-17/h6-13,15-16H,5H2,1-4H3/t15-,16+/m1/s1. The maximum atomic E-state index is 13.1. The fourth-order valence-corrected chi connectivity index (χ4v) is 4.24. The first kappa shape index (κ1) is 20.3. The molecule has 6 nitrogen and oxygen atoms in total. The molecule has 0 aliphatic carbocycles. The number of para-hydroxylation sites is 1. The minimum atomic E-state index is -0.153. The lowest BCUT2D eigenvalue weighted by Crippen LogP contribution is -2.26. The number of thioether (sulfide) groups is 1. The number of fused-ring (bicyclic) bond motifs is 1. The maximum Gasteiger partial charge on any atom is 0.262 e. The van der Waals surface area contributed by atoms with Crippen LogP contribution in [0.1, 0.15) is 49.9 Å². The second-order valence-electron chi connectivity index (χ2n) is 7.42. The average Bonchev–Trinajstić information content (AvgIpc) is 3.24. The third-order valence-corrected chi connectivity index (χ3v) is 6.23. The van der Waals surface area contributed by atoms with E-state index in [-0.39, 0.29) is 16.9 Å². The SMILES string of the molecule is CC[C@@H](C)n1c(S[C@@H](C)c2nnc(-c3ccc(C)cc3)o2)nc2ccccc2c1=O. The molecule has 2 aromatic heterocycles. The number of benzene rings is 2. The summed E-state index contributed by atoms with van der Waals surface area (Å²) in [4.78, 5) is 17.9. The van der Waals surface area contributed by atoms with Gasteiger partial charge in [0.1, 0.15) is 0 Å². The van der Waals surface area contributed by atoms with Gasteiger partial charge in [0.2, 0.25) is 11.8 Å². The van der Waals surface area contributed by atoms with Crippen LogP contribution in [0, 0.1) is 6.92 Å². The van der Waals surface area contributed by atoms with Crippen molar-refractivity contribution in [2.24, 2.45) is 0 Å². The monoisotopic (exact) mass is 420 g/mol. The van der Waals surface area contributed by atoms with Crippen LogP contribution in [0.25, 0.3) is 22.4 Å². The molecule has 0 bridgehead atoms. The predicted molar refractivity (Wildman–Crippen MR) is 120 cm³/mol. The normalized spacial score (nSPS) is 13.5. The van der Waals surface area contributed by atoms with Crippen LogP contribution in [-0.2, 0) is 0 Å². The van der Waals surface area contributed by atoms with Crippen LogP contribution >= 0.6 is 11.8 Å². The lowest BCUT2D eigenvalue weighted by molar-refractivity contribution is 0.466. The highest BCUT2D eigenvalue weighted by Gasteiger charge is 2.22. The second-order valence-corrected chi connectivity index (χ2v) is 8.72. The van der Waals surface area contributed by atoms with Gasteiger partial charge >= 0.3 is 0 Å². The van der Waals surface area contributed by atoms with Crippen LogP contribution < -0.4 is 5.56 Å². The molecule has 30 heavy (non-hydrogen) atoms. The van der Waals surface area contributed by atoms with Crippen LogP contribution in [0.4, 0.5) is 0 Å². The Balaban J connectivity index is 1.68. The molecule has 0 fully saturated rings. The van der Waals surface area contributed by atoms with E-state index in [2.05, 4.69) is 17.1 Å². The van der Waals surface area contributed by atoms with Crippen LogP contribution in [-0.4, -0.2) is 19.7 Å². The number of nitrogens with zero attached hydrogens (tertiary/aromatic N) is 4. The van der Waals surface area contributed by atoms with Gasteiger partial charge in [-0.25, -0.2) is 4.98 Å². The summed E-state index contributed by atoms with van der Waals surface area (Å²) >= 11 is 1.46. The molecule has 0 radical (unpaired) electrons. The first-order chi connectivity index (χ1) is 14.5. The molecule has 0 aliphatic rings. The summed E-state index contributed by atoms with van der Waals surface area (Å²) < 4.78 is 7.71. The van der Waals surface area contributed by atoms with E-state index in [1.165, 1.54) is 17.3 Å². The molecule has 0 saturated carbocycles. The van der Waals surface area contributed by atoms with E-state index in [1.54, 1.807) is 4.57 Å². The van der Waals surface area contributed by atoms with Crippen molar-refractivity contribution in [2.75, 3.05) is 0 Å². The van der Waals surface area contributed by atoms with Crippen LogP contribution in [0.5, 0.6) is 0 Å². The highest BCUT2D eigenvalue weighted by Crippen LogP contribution is 2.35. The van der Waals surface area contributed by atoms with Crippen LogP contribution in [0.2, 0.25) is 0 Å². The van der Waals surface area contributed by atoms with Crippen molar-refractivity contribution in [1.29, 1.82) is 0 Å². The molecule has 0 saturated heterocycles. The van der Waals surface area contributed by atoms with Crippen molar-refractivity contribution >= 4 is 22.7 Å². The summed E-state index contributed by atoms with van der Waals surface area (Å²) in [5.74, 6) is 0.997. The Bertz CT molecular complexity index is 1230. The fourth-order valence-electron chi connectivity index (χ4n) is 3.20.